The van der Waals surface area contributed by atoms with Crippen LogP contribution in [0, 0.1) is 11.3 Å². The Morgan fingerprint density at radius 3 is 2.72 bits per heavy atom. The predicted molar refractivity (Wildman–Crippen MR) is 134 cm³/mol. The SMILES string of the molecule is CC(C)OC(=O)N(N)C1=CC=C(c2c(C#N)c3ccc(Oc4ncccn4)cc3n2C2CC2)CC=C1. The molecule has 0 bridgehead atoms. The second-order valence-corrected chi connectivity index (χ2v) is 8.94. The summed E-state index contributed by atoms with van der Waals surface area (Å²) >= 11 is 0. The number of benzene rings is 1. The summed E-state index contributed by atoms with van der Waals surface area (Å²) in [6, 6.07) is 10.4. The standard InChI is InChI=1S/C27H26N6O3/c1-17(2)35-27(34)33(29)20-6-3-5-18(7-8-20)25-23(16-28)22-12-11-21(36-26-30-13-4-14-31-26)15-24(22)32(25)19-9-10-19/h3-4,6-8,11-15,17,19H,5,9-10,29H2,1-2H3. The van der Waals surface area contributed by atoms with Crippen LogP contribution in [0.25, 0.3) is 16.5 Å². The average Bonchev–Trinajstić information content (AvgIpc) is 3.68. The van der Waals surface area contributed by atoms with Gasteiger partial charge < -0.3 is 14.0 Å². The molecule has 2 heterocycles. The van der Waals surface area contributed by atoms with Crippen LogP contribution in [-0.2, 0) is 4.74 Å². The molecule has 0 unspecified atom stereocenters. The van der Waals surface area contributed by atoms with Gasteiger partial charge in [0.1, 0.15) is 11.8 Å². The quantitative estimate of drug-likeness (QED) is 0.285. The van der Waals surface area contributed by atoms with Crippen LogP contribution in [-0.4, -0.2) is 31.7 Å². The van der Waals surface area contributed by atoms with E-state index in [1.807, 2.05) is 30.4 Å². The van der Waals surface area contributed by atoms with Crippen molar-refractivity contribution in [1.29, 1.82) is 5.26 Å². The molecule has 0 radical (unpaired) electrons. The third-order valence-corrected chi connectivity index (χ3v) is 5.95. The van der Waals surface area contributed by atoms with E-state index < -0.39 is 6.09 Å². The molecule has 1 amide bonds. The number of rotatable bonds is 6. The summed E-state index contributed by atoms with van der Waals surface area (Å²) in [6.45, 7) is 3.54. The Bertz CT molecular complexity index is 1440. The smallest absolute Gasteiger partial charge is 0.429 e. The summed E-state index contributed by atoms with van der Waals surface area (Å²) in [4.78, 5) is 20.5. The van der Waals surface area contributed by atoms with E-state index in [9.17, 15) is 10.1 Å². The van der Waals surface area contributed by atoms with E-state index in [-0.39, 0.29) is 12.1 Å². The van der Waals surface area contributed by atoms with Crippen molar-refractivity contribution >= 4 is 22.6 Å². The van der Waals surface area contributed by atoms with E-state index in [2.05, 4.69) is 20.6 Å². The number of aromatic nitrogens is 3. The molecule has 5 rings (SSSR count). The van der Waals surface area contributed by atoms with Gasteiger partial charge in [0.05, 0.1) is 28.6 Å². The van der Waals surface area contributed by atoms with Crippen LogP contribution >= 0.6 is 0 Å². The molecule has 3 aromatic rings. The highest BCUT2D eigenvalue weighted by molar-refractivity contribution is 5.94. The highest BCUT2D eigenvalue weighted by atomic mass is 16.6. The van der Waals surface area contributed by atoms with Gasteiger partial charge in [0.25, 0.3) is 0 Å². The molecule has 9 heteroatoms. The zero-order valence-electron chi connectivity index (χ0n) is 20.1. The first-order valence-electron chi connectivity index (χ1n) is 11.8. The van der Waals surface area contributed by atoms with Crippen molar-refractivity contribution < 1.29 is 14.3 Å². The predicted octanol–water partition coefficient (Wildman–Crippen LogP) is 5.38. The van der Waals surface area contributed by atoms with Gasteiger partial charge in [-0.1, -0.05) is 12.2 Å². The second kappa shape index (κ2) is 9.68. The van der Waals surface area contributed by atoms with Crippen molar-refractivity contribution in [3.63, 3.8) is 0 Å². The number of nitrogens with zero attached hydrogens (tertiary/aromatic N) is 5. The van der Waals surface area contributed by atoms with Crippen LogP contribution in [0.1, 0.15) is 50.4 Å². The highest BCUT2D eigenvalue weighted by Gasteiger charge is 2.31. The summed E-state index contributed by atoms with van der Waals surface area (Å²) in [5, 5.41) is 12.0. The molecule has 182 valence electrons. The van der Waals surface area contributed by atoms with Gasteiger partial charge in [-0.05, 0) is 69.0 Å². The van der Waals surface area contributed by atoms with E-state index in [0.29, 0.717) is 29.5 Å². The number of hydrogen-bond acceptors (Lipinski definition) is 7. The fourth-order valence-corrected chi connectivity index (χ4v) is 4.25. The van der Waals surface area contributed by atoms with E-state index in [1.54, 1.807) is 44.5 Å². The molecule has 1 aromatic carbocycles. The van der Waals surface area contributed by atoms with Crippen molar-refractivity contribution in [2.24, 2.45) is 5.84 Å². The number of ether oxygens (including phenoxy) is 2. The molecule has 2 aromatic heterocycles. The van der Waals surface area contributed by atoms with Gasteiger partial charge in [-0.2, -0.15) is 5.26 Å². The normalized spacial score (nSPS) is 15.2. The number of amides is 1. The minimum absolute atomic E-state index is 0.263. The fourth-order valence-electron chi connectivity index (χ4n) is 4.25. The van der Waals surface area contributed by atoms with Crippen LogP contribution in [0.5, 0.6) is 11.8 Å². The Kier molecular flexibility index (Phi) is 6.27. The highest BCUT2D eigenvalue weighted by Crippen LogP contribution is 2.45. The Hall–Kier alpha value is -4.42. The lowest BCUT2D eigenvalue weighted by Gasteiger charge is -2.18. The zero-order valence-corrected chi connectivity index (χ0v) is 20.1. The van der Waals surface area contributed by atoms with E-state index in [4.69, 9.17) is 15.3 Å². The lowest BCUT2D eigenvalue weighted by atomic mass is 10.0. The van der Waals surface area contributed by atoms with Gasteiger partial charge in [0.2, 0.25) is 0 Å². The molecular weight excluding hydrogens is 456 g/mol. The van der Waals surface area contributed by atoms with E-state index in [1.165, 1.54) is 0 Å². The van der Waals surface area contributed by atoms with E-state index >= 15 is 0 Å². The number of hydrogen-bond donors (Lipinski definition) is 1. The summed E-state index contributed by atoms with van der Waals surface area (Å²) in [5.74, 6) is 6.61. The molecule has 0 atom stereocenters. The Morgan fingerprint density at radius 2 is 2.03 bits per heavy atom. The van der Waals surface area contributed by atoms with Crippen LogP contribution < -0.4 is 10.6 Å². The van der Waals surface area contributed by atoms with Crippen molar-refractivity contribution in [3.05, 3.63) is 77.9 Å². The van der Waals surface area contributed by atoms with Crippen LogP contribution in [0.15, 0.2) is 66.7 Å². The van der Waals surface area contributed by atoms with Crippen LogP contribution in [0.4, 0.5) is 4.79 Å². The van der Waals surface area contributed by atoms with Crippen molar-refractivity contribution in [2.75, 3.05) is 0 Å². The fraction of sp³-hybridized carbons (Fsp3) is 0.259. The molecule has 0 spiro atoms. The lowest BCUT2D eigenvalue weighted by molar-refractivity contribution is 0.0871. The summed E-state index contributed by atoms with van der Waals surface area (Å²) in [7, 11) is 0. The molecule has 1 saturated carbocycles. The van der Waals surface area contributed by atoms with Crippen LogP contribution in [0.2, 0.25) is 0 Å². The zero-order chi connectivity index (χ0) is 25.2. The molecular formula is C27H26N6O3. The Balaban J connectivity index is 1.56. The number of fused-ring (bicyclic) bond motifs is 1. The summed E-state index contributed by atoms with van der Waals surface area (Å²) in [5.41, 5.74) is 3.87. The Morgan fingerprint density at radius 1 is 1.25 bits per heavy atom. The third-order valence-electron chi connectivity index (χ3n) is 5.95. The molecule has 1 fully saturated rings. The topological polar surface area (TPSA) is 119 Å². The first-order valence-corrected chi connectivity index (χ1v) is 11.8. The summed E-state index contributed by atoms with van der Waals surface area (Å²) < 4.78 is 13.3. The van der Waals surface area contributed by atoms with E-state index in [0.717, 1.165) is 40.0 Å². The van der Waals surface area contributed by atoms with Gasteiger partial charge in [0, 0.05) is 29.9 Å². The maximum absolute atomic E-state index is 12.3. The minimum Gasteiger partial charge on any atom is -0.445 e. The Labute approximate surface area is 208 Å². The molecule has 2 aliphatic rings. The van der Waals surface area contributed by atoms with Crippen molar-refractivity contribution in [3.8, 4) is 17.8 Å². The molecule has 36 heavy (non-hydrogen) atoms. The van der Waals surface area contributed by atoms with Gasteiger partial charge >= 0.3 is 12.1 Å². The first-order chi connectivity index (χ1) is 17.5. The van der Waals surface area contributed by atoms with Crippen molar-refractivity contribution in [2.45, 2.75) is 45.3 Å². The maximum atomic E-state index is 12.3. The number of hydrazine groups is 1. The second-order valence-electron chi connectivity index (χ2n) is 8.94. The molecule has 0 saturated heterocycles. The average molecular weight is 483 g/mol. The monoisotopic (exact) mass is 482 g/mol. The molecule has 0 aliphatic heterocycles. The van der Waals surface area contributed by atoms with Crippen LogP contribution in [0.3, 0.4) is 0 Å². The van der Waals surface area contributed by atoms with Crippen molar-refractivity contribution in [1.82, 2.24) is 19.5 Å². The van der Waals surface area contributed by atoms with Gasteiger partial charge in [-0.15, -0.1) is 0 Å². The van der Waals surface area contributed by atoms with Gasteiger partial charge in [-0.3, -0.25) is 0 Å². The number of carbonyl (C=O) groups excluding carboxylic acids is 1. The molecule has 9 nitrogen and oxygen atoms in total. The maximum Gasteiger partial charge on any atom is 0.429 e. The molecule has 2 N–H and O–H groups in total. The number of nitriles is 1. The summed E-state index contributed by atoms with van der Waals surface area (Å²) in [6.07, 6.45) is 12.4. The first kappa shape index (κ1) is 23.3. The third kappa shape index (κ3) is 4.59. The van der Waals surface area contributed by atoms with Gasteiger partial charge in [-0.25, -0.2) is 25.6 Å². The largest absolute Gasteiger partial charge is 0.445 e. The molecule has 2 aliphatic carbocycles. The number of allylic oxidation sites excluding steroid dienone is 5. The number of nitrogens with two attached hydrogens (primary N) is 1. The lowest BCUT2D eigenvalue weighted by Crippen LogP contribution is -2.37. The van der Waals surface area contributed by atoms with Gasteiger partial charge in [0.15, 0.2) is 0 Å². The number of carbonyl (C=O) groups is 1. The minimum atomic E-state index is -0.627.